The Labute approximate surface area is 108 Å². The molecule has 1 heterocycles. The maximum absolute atomic E-state index is 5.86. The molecule has 0 N–H and O–H groups in total. The topological polar surface area (TPSA) is 18.5 Å². The third-order valence-electron chi connectivity index (χ3n) is 3.27. The molecule has 0 amide bonds. The van der Waals surface area contributed by atoms with Crippen LogP contribution >= 0.6 is 0 Å². The highest BCUT2D eigenvalue weighted by Gasteiger charge is 2.23. The molecule has 1 aliphatic heterocycles. The minimum absolute atomic E-state index is 0.202. The Hall–Kier alpha value is -1.74. The monoisotopic (exact) mass is 238 g/mol. The molecule has 0 atom stereocenters. The van der Waals surface area contributed by atoms with Gasteiger partial charge in [0.25, 0.3) is 0 Å². The average molecular weight is 238 g/mol. The van der Waals surface area contributed by atoms with Crippen molar-refractivity contribution in [2.24, 2.45) is 0 Å². The highest BCUT2D eigenvalue weighted by Crippen LogP contribution is 2.24. The summed E-state index contributed by atoms with van der Waals surface area (Å²) in [4.78, 5) is 0. The van der Waals surface area contributed by atoms with E-state index in [9.17, 15) is 0 Å². The van der Waals surface area contributed by atoms with Gasteiger partial charge in [0.05, 0.1) is 6.61 Å². The van der Waals surface area contributed by atoms with E-state index in [1.807, 2.05) is 24.3 Å². The smallest absolute Gasteiger partial charge is 0.324 e. The number of fused-ring (bicyclic) bond motifs is 1. The summed E-state index contributed by atoms with van der Waals surface area (Å²) < 4.78 is 11.5. The second-order valence-electron chi connectivity index (χ2n) is 4.73. The molecule has 3 heteroatoms. The van der Waals surface area contributed by atoms with Crippen molar-refractivity contribution in [2.75, 3.05) is 0 Å². The SMILES string of the molecule is CB1OCc2cc(Oc3cccc(C)c3)ccc21. The van der Waals surface area contributed by atoms with E-state index in [1.54, 1.807) is 0 Å². The normalized spacial score (nSPS) is 13.6. The van der Waals surface area contributed by atoms with Crippen LogP contribution in [-0.4, -0.2) is 6.92 Å². The molecule has 0 saturated carbocycles. The Morgan fingerprint density at radius 3 is 2.78 bits per heavy atom. The Morgan fingerprint density at radius 1 is 1.11 bits per heavy atom. The van der Waals surface area contributed by atoms with Crippen LogP contribution in [0.15, 0.2) is 42.5 Å². The largest absolute Gasteiger partial charge is 0.457 e. The maximum atomic E-state index is 5.86. The summed E-state index contributed by atoms with van der Waals surface area (Å²) in [5.41, 5.74) is 3.70. The summed E-state index contributed by atoms with van der Waals surface area (Å²) in [6, 6.07) is 14.2. The van der Waals surface area contributed by atoms with Crippen LogP contribution < -0.4 is 10.2 Å². The molecule has 0 radical (unpaired) electrons. The second kappa shape index (κ2) is 4.50. The average Bonchev–Trinajstić information content (AvgIpc) is 2.71. The third-order valence-corrected chi connectivity index (χ3v) is 3.27. The van der Waals surface area contributed by atoms with Crippen molar-refractivity contribution in [3.05, 3.63) is 53.6 Å². The van der Waals surface area contributed by atoms with Crippen LogP contribution in [-0.2, 0) is 11.3 Å². The van der Waals surface area contributed by atoms with Crippen molar-refractivity contribution >= 4 is 12.4 Å². The molecule has 0 bridgehead atoms. The van der Waals surface area contributed by atoms with Gasteiger partial charge in [-0.3, -0.25) is 0 Å². The van der Waals surface area contributed by atoms with Gasteiger partial charge in [-0.1, -0.05) is 25.0 Å². The minimum atomic E-state index is 0.202. The Bertz CT molecular complexity index is 580. The number of ether oxygens (including phenoxy) is 1. The van der Waals surface area contributed by atoms with E-state index < -0.39 is 0 Å². The molecule has 0 spiro atoms. The predicted molar refractivity (Wildman–Crippen MR) is 73.7 cm³/mol. The second-order valence-corrected chi connectivity index (χ2v) is 4.73. The van der Waals surface area contributed by atoms with Crippen LogP contribution in [0.2, 0.25) is 6.82 Å². The third kappa shape index (κ3) is 2.14. The van der Waals surface area contributed by atoms with Gasteiger partial charge in [-0.15, -0.1) is 0 Å². The van der Waals surface area contributed by atoms with E-state index in [-0.39, 0.29) is 6.92 Å². The van der Waals surface area contributed by atoms with Gasteiger partial charge in [0.1, 0.15) is 11.5 Å². The zero-order valence-electron chi connectivity index (χ0n) is 10.6. The molecule has 0 aliphatic carbocycles. The van der Waals surface area contributed by atoms with Gasteiger partial charge in [0.2, 0.25) is 0 Å². The lowest BCUT2D eigenvalue weighted by Gasteiger charge is -2.08. The molecule has 2 nitrogen and oxygen atoms in total. The first-order valence-corrected chi connectivity index (χ1v) is 6.21. The summed E-state index contributed by atoms with van der Waals surface area (Å²) in [5.74, 6) is 1.75. The molecule has 1 aliphatic rings. The number of benzene rings is 2. The predicted octanol–water partition coefficient (Wildman–Crippen LogP) is 3.15. The molecule has 0 saturated heterocycles. The molecule has 0 aromatic heterocycles. The highest BCUT2D eigenvalue weighted by molar-refractivity contribution is 6.67. The summed E-state index contributed by atoms with van der Waals surface area (Å²) in [7, 11) is 0. The van der Waals surface area contributed by atoms with E-state index in [2.05, 4.69) is 31.9 Å². The number of hydrogen-bond donors (Lipinski definition) is 0. The lowest BCUT2D eigenvalue weighted by atomic mass is 9.64. The molecule has 18 heavy (non-hydrogen) atoms. The molecule has 0 fully saturated rings. The van der Waals surface area contributed by atoms with Gasteiger partial charge < -0.3 is 9.39 Å². The Balaban J connectivity index is 1.86. The number of rotatable bonds is 2. The van der Waals surface area contributed by atoms with Crippen molar-refractivity contribution in [3.63, 3.8) is 0 Å². The van der Waals surface area contributed by atoms with Gasteiger partial charge in [-0.05, 0) is 47.8 Å². The fourth-order valence-electron chi connectivity index (χ4n) is 2.29. The van der Waals surface area contributed by atoms with E-state index >= 15 is 0 Å². The Morgan fingerprint density at radius 2 is 1.94 bits per heavy atom. The van der Waals surface area contributed by atoms with Gasteiger partial charge in [0.15, 0.2) is 0 Å². The van der Waals surface area contributed by atoms with E-state index in [0.29, 0.717) is 6.61 Å². The zero-order chi connectivity index (χ0) is 12.5. The summed E-state index contributed by atoms with van der Waals surface area (Å²) in [6.45, 7) is 5.02. The first-order chi connectivity index (χ1) is 8.72. The lowest BCUT2D eigenvalue weighted by Crippen LogP contribution is -2.23. The van der Waals surface area contributed by atoms with Crippen molar-refractivity contribution in [1.82, 2.24) is 0 Å². The summed E-state index contributed by atoms with van der Waals surface area (Å²) in [6.07, 6.45) is 0. The molecular formula is C15H15BO2. The minimum Gasteiger partial charge on any atom is -0.457 e. The molecule has 2 aromatic carbocycles. The maximum Gasteiger partial charge on any atom is 0.324 e. The standard InChI is InChI=1S/C15H15BO2/c1-11-4-3-5-13(8-11)18-14-6-7-15-12(9-14)10-17-16(15)2/h3-9H,10H2,1-2H3. The van der Waals surface area contributed by atoms with Crippen molar-refractivity contribution < 1.29 is 9.39 Å². The van der Waals surface area contributed by atoms with Gasteiger partial charge >= 0.3 is 6.92 Å². The van der Waals surface area contributed by atoms with Crippen molar-refractivity contribution in [2.45, 2.75) is 20.4 Å². The highest BCUT2D eigenvalue weighted by atomic mass is 16.5. The van der Waals surface area contributed by atoms with E-state index in [1.165, 1.54) is 16.6 Å². The van der Waals surface area contributed by atoms with Gasteiger partial charge in [-0.25, -0.2) is 0 Å². The summed E-state index contributed by atoms with van der Waals surface area (Å²) >= 11 is 0. The Kier molecular flexibility index (Phi) is 2.84. The fourth-order valence-corrected chi connectivity index (χ4v) is 2.29. The van der Waals surface area contributed by atoms with Crippen molar-refractivity contribution in [3.8, 4) is 11.5 Å². The van der Waals surface area contributed by atoms with Crippen LogP contribution in [0.3, 0.4) is 0 Å². The first-order valence-electron chi connectivity index (χ1n) is 6.21. The van der Waals surface area contributed by atoms with Crippen LogP contribution in [0.4, 0.5) is 0 Å². The molecule has 3 rings (SSSR count). The molecular weight excluding hydrogens is 223 g/mol. The zero-order valence-corrected chi connectivity index (χ0v) is 10.6. The molecule has 2 aromatic rings. The van der Waals surface area contributed by atoms with Crippen LogP contribution in [0.25, 0.3) is 0 Å². The quantitative estimate of drug-likeness (QED) is 0.748. The van der Waals surface area contributed by atoms with Crippen LogP contribution in [0, 0.1) is 6.92 Å². The summed E-state index contributed by atoms with van der Waals surface area (Å²) in [5, 5.41) is 0. The van der Waals surface area contributed by atoms with Crippen LogP contribution in [0.1, 0.15) is 11.1 Å². The van der Waals surface area contributed by atoms with E-state index in [4.69, 9.17) is 9.39 Å². The van der Waals surface area contributed by atoms with E-state index in [0.717, 1.165) is 11.5 Å². The van der Waals surface area contributed by atoms with Gasteiger partial charge in [-0.2, -0.15) is 0 Å². The van der Waals surface area contributed by atoms with Crippen molar-refractivity contribution in [1.29, 1.82) is 0 Å². The number of hydrogen-bond acceptors (Lipinski definition) is 2. The lowest BCUT2D eigenvalue weighted by molar-refractivity contribution is 0.333. The first kappa shape index (κ1) is 11.4. The molecule has 0 unspecified atom stereocenters. The molecule has 90 valence electrons. The fraction of sp³-hybridized carbons (Fsp3) is 0.200. The van der Waals surface area contributed by atoms with Gasteiger partial charge in [0, 0.05) is 0 Å². The number of aryl methyl sites for hydroxylation is 1. The van der Waals surface area contributed by atoms with Crippen LogP contribution in [0.5, 0.6) is 11.5 Å².